The number of carbonyl (C=O) groups is 1. The molecule has 0 heterocycles. The number of nitro benzene ring substituents is 1. The predicted molar refractivity (Wildman–Crippen MR) is 143 cm³/mol. The molecule has 10 nitrogen and oxygen atoms in total. The summed E-state index contributed by atoms with van der Waals surface area (Å²) in [6.45, 7) is -0.660. The van der Waals surface area contributed by atoms with Crippen molar-refractivity contribution in [2.45, 2.75) is 4.90 Å². The van der Waals surface area contributed by atoms with Crippen LogP contribution in [0.3, 0.4) is 0 Å². The number of rotatable bonds is 10. The van der Waals surface area contributed by atoms with Crippen LogP contribution in [0, 0.1) is 10.1 Å². The van der Waals surface area contributed by atoms with Gasteiger partial charge in [-0.2, -0.15) is 5.10 Å². The number of anilines is 1. The van der Waals surface area contributed by atoms with Crippen molar-refractivity contribution >= 4 is 33.5 Å². The zero-order chi connectivity index (χ0) is 27.0. The summed E-state index contributed by atoms with van der Waals surface area (Å²) in [5.74, 6) is 0.483. The van der Waals surface area contributed by atoms with Gasteiger partial charge in [0.15, 0.2) is 4.90 Å². The molecule has 0 aliphatic rings. The summed E-state index contributed by atoms with van der Waals surface area (Å²) >= 11 is 0. The van der Waals surface area contributed by atoms with E-state index in [9.17, 15) is 23.3 Å². The Balaban J connectivity index is 1.51. The zero-order valence-electron chi connectivity index (χ0n) is 19.9. The number of benzene rings is 4. The highest BCUT2D eigenvalue weighted by molar-refractivity contribution is 7.93. The Bertz CT molecular complexity index is 1560. The van der Waals surface area contributed by atoms with E-state index in [2.05, 4.69) is 10.5 Å². The van der Waals surface area contributed by atoms with Crippen LogP contribution in [0.15, 0.2) is 119 Å². The minimum Gasteiger partial charge on any atom is -0.457 e. The first-order valence-corrected chi connectivity index (χ1v) is 12.7. The normalized spacial score (nSPS) is 11.2. The molecule has 1 amide bonds. The molecule has 0 fully saturated rings. The molecule has 11 heteroatoms. The third-order valence-corrected chi connectivity index (χ3v) is 7.02. The summed E-state index contributed by atoms with van der Waals surface area (Å²) in [6.07, 6.45) is 1.39. The van der Waals surface area contributed by atoms with E-state index in [4.69, 9.17) is 4.74 Å². The Labute approximate surface area is 219 Å². The van der Waals surface area contributed by atoms with Gasteiger partial charge in [-0.25, -0.2) is 13.8 Å². The highest BCUT2D eigenvalue weighted by Gasteiger charge is 2.33. The molecule has 4 aromatic carbocycles. The highest BCUT2D eigenvalue weighted by Crippen LogP contribution is 2.29. The van der Waals surface area contributed by atoms with Crippen LogP contribution in [0.25, 0.3) is 0 Å². The standard InChI is InChI=1S/C27H22N4O6S/c32-27(29-28-19-21-10-9-15-24(18-21)37-23-13-5-2-6-14-23)20-30(22-11-3-1-4-12-22)38(35,36)26-17-8-7-16-25(26)31(33)34/h1-19H,20H2,(H,29,32)/b28-19+. The quantitative estimate of drug-likeness (QED) is 0.179. The van der Waals surface area contributed by atoms with E-state index in [0.717, 1.165) is 16.4 Å². The first-order chi connectivity index (χ1) is 18.3. The van der Waals surface area contributed by atoms with Crippen LogP contribution in [0.4, 0.5) is 11.4 Å². The van der Waals surface area contributed by atoms with E-state index in [1.807, 2.05) is 30.3 Å². The number of nitrogens with zero attached hydrogens (tertiary/aromatic N) is 3. The maximum Gasteiger partial charge on any atom is 0.289 e. The van der Waals surface area contributed by atoms with Gasteiger partial charge >= 0.3 is 0 Å². The molecule has 0 aromatic heterocycles. The summed E-state index contributed by atoms with van der Waals surface area (Å²) in [4.78, 5) is 22.9. The summed E-state index contributed by atoms with van der Waals surface area (Å²) in [5.41, 5.74) is 2.51. The third kappa shape index (κ3) is 6.39. The molecule has 4 aromatic rings. The molecule has 0 saturated heterocycles. The molecule has 0 saturated carbocycles. The van der Waals surface area contributed by atoms with E-state index in [-0.39, 0.29) is 5.69 Å². The van der Waals surface area contributed by atoms with Crippen LogP contribution in [0.1, 0.15) is 5.56 Å². The van der Waals surface area contributed by atoms with Crippen LogP contribution >= 0.6 is 0 Å². The number of nitrogens with one attached hydrogen (secondary N) is 1. The number of carbonyl (C=O) groups excluding carboxylic acids is 1. The lowest BCUT2D eigenvalue weighted by molar-refractivity contribution is -0.387. The second kappa shape index (κ2) is 11.8. The maximum atomic E-state index is 13.5. The summed E-state index contributed by atoms with van der Waals surface area (Å²) in [5, 5.41) is 15.4. The van der Waals surface area contributed by atoms with Crippen molar-refractivity contribution in [2.24, 2.45) is 5.10 Å². The van der Waals surface area contributed by atoms with E-state index >= 15 is 0 Å². The topological polar surface area (TPSA) is 131 Å². The largest absolute Gasteiger partial charge is 0.457 e. The summed E-state index contributed by atoms with van der Waals surface area (Å²) < 4.78 is 33.5. The van der Waals surface area contributed by atoms with Gasteiger partial charge in [-0.1, -0.05) is 60.7 Å². The number of amides is 1. The van der Waals surface area contributed by atoms with Crippen LogP contribution in [-0.2, 0) is 14.8 Å². The maximum absolute atomic E-state index is 13.5. The number of para-hydroxylation sites is 3. The molecule has 38 heavy (non-hydrogen) atoms. The first kappa shape index (κ1) is 26.0. The van der Waals surface area contributed by atoms with Gasteiger partial charge in [0.2, 0.25) is 0 Å². The second-order valence-corrected chi connectivity index (χ2v) is 9.68. The number of hydrogen-bond acceptors (Lipinski definition) is 7. The average Bonchev–Trinajstić information content (AvgIpc) is 2.93. The van der Waals surface area contributed by atoms with Crippen LogP contribution in [-0.4, -0.2) is 32.0 Å². The van der Waals surface area contributed by atoms with Crippen molar-refractivity contribution < 1.29 is 22.9 Å². The van der Waals surface area contributed by atoms with E-state index in [1.54, 1.807) is 42.5 Å². The lowest BCUT2D eigenvalue weighted by Gasteiger charge is -2.23. The smallest absolute Gasteiger partial charge is 0.289 e. The summed E-state index contributed by atoms with van der Waals surface area (Å²) in [7, 11) is -4.48. The lowest BCUT2D eigenvalue weighted by atomic mass is 10.2. The van der Waals surface area contributed by atoms with Gasteiger partial charge in [0.05, 0.1) is 16.8 Å². The molecule has 0 unspecified atom stereocenters. The van der Waals surface area contributed by atoms with Crippen LogP contribution in [0.5, 0.6) is 11.5 Å². The van der Waals surface area contributed by atoms with Gasteiger partial charge < -0.3 is 4.74 Å². The number of hydrazone groups is 1. The first-order valence-electron chi connectivity index (χ1n) is 11.3. The van der Waals surface area contributed by atoms with Crippen molar-refractivity contribution in [2.75, 3.05) is 10.8 Å². The van der Waals surface area contributed by atoms with Crippen molar-refractivity contribution in [3.8, 4) is 11.5 Å². The molecule has 0 spiro atoms. The third-order valence-electron chi connectivity index (χ3n) is 5.20. The monoisotopic (exact) mass is 530 g/mol. The van der Waals surface area contributed by atoms with Gasteiger partial charge in [-0.05, 0) is 48.0 Å². The minimum atomic E-state index is -4.48. The zero-order valence-corrected chi connectivity index (χ0v) is 20.7. The fourth-order valence-electron chi connectivity index (χ4n) is 3.48. The highest BCUT2D eigenvalue weighted by atomic mass is 32.2. The van der Waals surface area contributed by atoms with Crippen LogP contribution < -0.4 is 14.5 Å². The van der Waals surface area contributed by atoms with Gasteiger partial charge in [-0.15, -0.1) is 0 Å². The van der Waals surface area contributed by atoms with Crippen molar-refractivity contribution in [1.29, 1.82) is 0 Å². The molecule has 192 valence electrons. The summed E-state index contributed by atoms with van der Waals surface area (Å²) in [6, 6.07) is 29.0. The molecule has 0 bridgehead atoms. The molecule has 0 radical (unpaired) electrons. The Morgan fingerprint density at radius 3 is 2.24 bits per heavy atom. The number of ether oxygens (including phenoxy) is 1. The molecular formula is C27H22N4O6S. The Kier molecular flexibility index (Phi) is 8.09. The van der Waals surface area contributed by atoms with Crippen molar-refractivity contribution in [3.05, 3.63) is 125 Å². The second-order valence-electron chi connectivity index (χ2n) is 7.85. The van der Waals surface area contributed by atoms with E-state index < -0.39 is 38.0 Å². The van der Waals surface area contributed by atoms with Gasteiger partial charge in [-0.3, -0.25) is 19.2 Å². The molecule has 1 N–H and O–H groups in total. The van der Waals surface area contributed by atoms with Crippen molar-refractivity contribution in [1.82, 2.24) is 5.43 Å². The van der Waals surface area contributed by atoms with Gasteiger partial charge in [0.25, 0.3) is 21.6 Å². The molecule has 0 aliphatic heterocycles. The predicted octanol–water partition coefficient (Wildman–Crippen LogP) is 4.73. The number of nitro groups is 1. The average molecular weight is 531 g/mol. The minimum absolute atomic E-state index is 0.163. The number of hydrogen-bond donors (Lipinski definition) is 1. The fourth-order valence-corrected chi connectivity index (χ4v) is 5.06. The van der Waals surface area contributed by atoms with Gasteiger partial charge in [0.1, 0.15) is 18.0 Å². The Morgan fingerprint density at radius 2 is 1.53 bits per heavy atom. The Hall–Kier alpha value is -5.03. The van der Waals surface area contributed by atoms with Crippen molar-refractivity contribution in [3.63, 3.8) is 0 Å². The SMILES string of the molecule is O=C(CN(c1ccccc1)S(=O)(=O)c1ccccc1[N+](=O)[O-])N/N=C/c1cccc(Oc2ccccc2)c1. The fraction of sp³-hybridized carbons (Fsp3) is 0.0370. The Morgan fingerprint density at radius 1 is 0.895 bits per heavy atom. The number of sulfonamides is 1. The molecular weight excluding hydrogens is 508 g/mol. The van der Waals surface area contributed by atoms with Gasteiger partial charge in [0, 0.05) is 6.07 Å². The molecule has 0 atom stereocenters. The molecule has 0 aliphatic carbocycles. The van der Waals surface area contributed by atoms with E-state index in [1.165, 1.54) is 30.5 Å². The van der Waals surface area contributed by atoms with E-state index in [0.29, 0.717) is 17.1 Å². The molecule has 4 rings (SSSR count). The lowest BCUT2D eigenvalue weighted by Crippen LogP contribution is -2.39. The van der Waals surface area contributed by atoms with Crippen LogP contribution in [0.2, 0.25) is 0 Å².